The molecule has 1 aliphatic carbocycles. The monoisotopic (exact) mass is 317 g/mol. The summed E-state index contributed by atoms with van der Waals surface area (Å²) in [5.41, 5.74) is 2.12. The lowest BCUT2D eigenvalue weighted by Gasteiger charge is -2.34. The maximum absolute atomic E-state index is 6.47. The molecule has 0 bridgehead atoms. The number of hydrogen-bond acceptors (Lipinski definition) is 2. The highest BCUT2D eigenvalue weighted by Crippen LogP contribution is 2.27. The molecule has 0 atom stereocenters. The molecule has 0 aliphatic heterocycles. The molecule has 3 nitrogen and oxygen atoms in total. The van der Waals surface area contributed by atoms with E-state index in [9.17, 15) is 0 Å². The predicted molar refractivity (Wildman–Crippen MR) is 85.6 cm³/mol. The first-order valence-corrected chi connectivity index (χ1v) is 8.58. The Labute approximate surface area is 132 Å². The van der Waals surface area contributed by atoms with Crippen LogP contribution >= 0.6 is 23.2 Å². The number of aromatic nitrogens is 2. The van der Waals surface area contributed by atoms with Crippen molar-refractivity contribution in [1.82, 2.24) is 14.7 Å². The summed E-state index contributed by atoms with van der Waals surface area (Å²) in [4.78, 5) is 2.49. The molecule has 0 aromatic carbocycles. The Bertz CT molecular complexity index is 425. The minimum atomic E-state index is 0.651. The molecule has 0 amide bonds. The Morgan fingerprint density at radius 2 is 2.00 bits per heavy atom. The van der Waals surface area contributed by atoms with Crippen LogP contribution in [0, 0.1) is 0 Å². The number of aryl methyl sites for hydroxylation is 2. The second-order valence-corrected chi connectivity index (χ2v) is 6.39. The zero-order valence-corrected chi connectivity index (χ0v) is 14.1. The number of hydrogen-bond donors (Lipinski definition) is 0. The maximum Gasteiger partial charge on any atom is 0.0863 e. The quantitative estimate of drug-likeness (QED) is 0.739. The lowest BCUT2D eigenvalue weighted by molar-refractivity contribution is 0.153. The average molecular weight is 318 g/mol. The molecule has 5 heteroatoms. The fraction of sp³-hybridized carbons (Fsp3) is 0.800. The fourth-order valence-corrected chi connectivity index (χ4v) is 3.70. The van der Waals surface area contributed by atoms with Gasteiger partial charge in [-0.05, 0) is 19.3 Å². The second kappa shape index (κ2) is 7.67. The summed E-state index contributed by atoms with van der Waals surface area (Å²) in [6.07, 6.45) is 7.49. The van der Waals surface area contributed by atoms with Crippen molar-refractivity contribution < 1.29 is 0 Å². The summed E-state index contributed by atoms with van der Waals surface area (Å²) in [6.45, 7) is 3.88. The van der Waals surface area contributed by atoms with Gasteiger partial charge in [0.1, 0.15) is 0 Å². The van der Waals surface area contributed by atoms with Crippen LogP contribution in [-0.2, 0) is 20.0 Å². The summed E-state index contributed by atoms with van der Waals surface area (Å²) in [5.74, 6) is 0.673. The highest BCUT2D eigenvalue weighted by atomic mass is 35.5. The van der Waals surface area contributed by atoms with E-state index in [-0.39, 0.29) is 0 Å². The first-order valence-electron chi connectivity index (χ1n) is 7.67. The standard InChI is InChI=1S/C15H25Cl2N3/c1-3-13-15(17)14(19(2)18-13)11-20(10-9-16)12-7-5-4-6-8-12/h12H,3-11H2,1-2H3. The third-order valence-corrected chi connectivity index (χ3v) is 4.92. The van der Waals surface area contributed by atoms with Crippen LogP contribution in [0.5, 0.6) is 0 Å². The minimum Gasteiger partial charge on any atom is -0.293 e. The van der Waals surface area contributed by atoms with Gasteiger partial charge in [-0.15, -0.1) is 11.6 Å². The van der Waals surface area contributed by atoms with Gasteiger partial charge in [0.25, 0.3) is 0 Å². The number of nitrogens with zero attached hydrogens (tertiary/aromatic N) is 3. The van der Waals surface area contributed by atoms with Gasteiger partial charge in [0.05, 0.1) is 16.4 Å². The summed E-state index contributed by atoms with van der Waals surface area (Å²) in [7, 11) is 1.99. The molecular weight excluding hydrogens is 293 g/mol. The lowest BCUT2D eigenvalue weighted by atomic mass is 9.94. The van der Waals surface area contributed by atoms with E-state index in [2.05, 4.69) is 16.9 Å². The summed E-state index contributed by atoms with van der Waals surface area (Å²) in [5, 5.41) is 5.35. The van der Waals surface area contributed by atoms with Gasteiger partial charge in [-0.2, -0.15) is 5.10 Å². The van der Waals surface area contributed by atoms with Gasteiger partial charge >= 0.3 is 0 Å². The highest BCUT2D eigenvalue weighted by molar-refractivity contribution is 6.31. The van der Waals surface area contributed by atoms with Crippen LogP contribution in [0.1, 0.15) is 50.4 Å². The Kier molecular flexibility index (Phi) is 6.19. The Morgan fingerprint density at radius 1 is 1.30 bits per heavy atom. The average Bonchev–Trinajstić information content (AvgIpc) is 2.75. The van der Waals surface area contributed by atoms with Crippen molar-refractivity contribution in [3.05, 3.63) is 16.4 Å². The van der Waals surface area contributed by atoms with E-state index in [0.29, 0.717) is 11.9 Å². The first-order chi connectivity index (χ1) is 9.67. The van der Waals surface area contributed by atoms with Crippen molar-refractivity contribution in [3.8, 4) is 0 Å². The van der Waals surface area contributed by atoms with E-state index >= 15 is 0 Å². The Hall–Kier alpha value is -0.250. The van der Waals surface area contributed by atoms with Crippen molar-refractivity contribution in [2.45, 2.75) is 58.0 Å². The molecule has 1 fully saturated rings. The molecule has 114 valence electrons. The SMILES string of the molecule is CCc1nn(C)c(CN(CCCl)C2CCCCC2)c1Cl. The van der Waals surface area contributed by atoms with Gasteiger partial charge in [-0.25, -0.2) is 0 Å². The molecule has 1 aliphatic rings. The molecule has 0 saturated heterocycles. The van der Waals surface area contributed by atoms with Crippen molar-refractivity contribution >= 4 is 23.2 Å². The molecule has 2 rings (SSSR count). The summed E-state index contributed by atoms with van der Waals surface area (Å²) < 4.78 is 1.94. The minimum absolute atomic E-state index is 0.651. The van der Waals surface area contributed by atoms with Crippen molar-refractivity contribution in [1.29, 1.82) is 0 Å². The molecule has 0 spiro atoms. The van der Waals surface area contributed by atoms with E-state index in [0.717, 1.165) is 35.9 Å². The van der Waals surface area contributed by atoms with Crippen LogP contribution in [0.3, 0.4) is 0 Å². The van der Waals surface area contributed by atoms with E-state index < -0.39 is 0 Å². The van der Waals surface area contributed by atoms with Crippen molar-refractivity contribution in [2.75, 3.05) is 12.4 Å². The van der Waals surface area contributed by atoms with Crippen LogP contribution < -0.4 is 0 Å². The van der Waals surface area contributed by atoms with Gasteiger partial charge in [0.15, 0.2) is 0 Å². The van der Waals surface area contributed by atoms with Crippen LogP contribution in [-0.4, -0.2) is 33.1 Å². The van der Waals surface area contributed by atoms with Gasteiger partial charge in [0.2, 0.25) is 0 Å². The second-order valence-electron chi connectivity index (χ2n) is 5.64. The topological polar surface area (TPSA) is 21.1 Å². The maximum atomic E-state index is 6.47. The Morgan fingerprint density at radius 3 is 2.55 bits per heavy atom. The largest absolute Gasteiger partial charge is 0.293 e. The number of halogens is 2. The molecule has 0 N–H and O–H groups in total. The zero-order chi connectivity index (χ0) is 14.5. The number of alkyl halides is 1. The van der Waals surface area contributed by atoms with Crippen LogP contribution in [0.25, 0.3) is 0 Å². The molecule has 0 radical (unpaired) electrons. The van der Waals surface area contributed by atoms with Crippen molar-refractivity contribution in [2.24, 2.45) is 7.05 Å². The lowest BCUT2D eigenvalue weighted by Crippen LogP contribution is -2.38. The molecule has 1 heterocycles. The predicted octanol–water partition coefficient (Wildman–Crippen LogP) is 4.01. The van der Waals surface area contributed by atoms with E-state index in [1.54, 1.807) is 0 Å². The molecular formula is C15H25Cl2N3. The third-order valence-electron chi connectivity index (χ3n) is 4.32. The van der Waals surface area contributed by atoms with Gasteiger partial charge in [-0.3, -0.25) is 9.58 Å². The molecule has 1 saturated carbocycles. The van der Waals surface area contributed by atoms with Crippen LogP contribution in [0.4, 0.5) is 0 Å². The normalized spacial score (nSPS) is 17.1. The van der Waals surface area contributed by atoms with Gasteiger partial charge in [0, 0.05) is 32.1 Å². The summed E-state index contributed by atoms with van der Waals surface area (Å²) in [6, 6.07) is 0.651. The van der Waals surface area contributed by atoms with Gasteiger partial charge < -0.3 is 0 Å². The molecule has 1 aromatic rings. The third kappa shape index (κ3) is 3.69. The Balaban J connectivity index is 2.12. The van der Waals surface area contributed by atoms with E-state index in [1.165, 1.54) is 32.1 Å². The zero-order valence-electron chi connectivity index (χ0n) is 12.5. The van der Waals surface area contributed by atoms with Gasteiger partial charge in [-0.1, -0.05) is 37.8 Å². The van der Waals surface area contributed by atoms with Crippen LogP contribution in [0.15, 0.2) is 0 Å². The smallest absolute Gasteiger partial charge is 0.0863 e. The van der Waals surface area contributed by atoms with E-state index in [1.807, 2.05) is 11.7 Å². The van der Waals surface area contributed by atoms with Crippen LogP contribution in [0.2, 0.25) is 5.02 Å². The highest BCUT2D eigenvalue weighted by Gasteiger charge is 2.23. The molecule has 0 unspecified atom stereocenters. The molecule has 1 aromatic heterocycles. The van der Waals surface area contributed by atoms with E-state index in [4.69, 9.17) is 23.2 Å². The van der Waals surface area contributed by atoms with Crippen molar-refractivity contribution in [3.63, 3.8) is 0 Å². The molecule has 20 heavy (non-hydrogen) atoms. The fourth-order valence-electron chi connectivity index (χ4n) is 3.13. The number of rotatable bonds is 6. The summed E-state index contributed by atoms with van der Waals surface area (Å²) >= 11 is 12.5. The first kappa shape index (κ1) is 16.1.